The predicted molar refractivity (Wildman–Crippen MR) is 63.1 cm³/mol. The van der Waals surface area contributed by atoms with Gasteiger partial charge in [0.1, 0.15) is 0 Å². The van der Waals surface area contributed by atoms with Crippen molar-refractivity contribution in [3.05, 3.63) is 12.2 Å². The molecule has 3 atom stereocenters. The number of nitrogens with zero attached hydrogens (tertiary/aromatic N) is 2. The SMILES string of the molecule is CN1C(=O)CC(N2C[C@H]3CC=CC[C@H]3C2)C1=O. The number of amides is 2. The van der Waals surface area contributed by atoms with Crippen molar-refractivity contribution in [3.63, 3.8) is 0 Å². The van der Waals surface area contributed by atoms with Gasteiger partial charge in [0.25, 0.3) is 0 Å². The topological polar surface area (TPSA) is 40.6 Å². The van der Waals surface area contributed by atoms with Gasteiger partial charge in [-0.1, -0.05) is 12.2 Å². The molecule has 4 heteroatoms. The van der Waals surface area contributed by atoms with E-state index in [2.05, 4.69) is 17.1 Å². The lowest BCUT2D eigenvalue weighted by Gasteiger charge is -2.21. The maximum atomic E-state index is 12.0. The number of allylic oxidation sites excluding steroid dienone is 2. The Labute approximate surface area is 101 Å². The van der Waals surface area contributed by atoms with Crippen LogP contribution in [0, 0.1) is 11.8 Å². The number of carbonyl (C=O) groups excluding carboxylic acids is 2. The minimum absolute atomic E-state index is 0.0124. The van der Waals surface area contributed by atoms with Crippen molar-refractivity contribution < 1.29 is 9.59 Å². The molecule has 1 unspecified atom stereocenters. The fourth-order valence-corrected chi connectivity index (χ4v) is 3.33. The summed E-state index contributed by atoms with van der Waals surface area (Å²) in [6, 6.07) is -0.182. The maximum Gasteiger partial charge on any atom is 0.246 e. The van der Waals surface area contributed by atoms with Gasteiger partial charge < -0.3 is 0 Å². The summed E-state index contributed by atoms with van der Waals surface area (Å²) in [6.45, 7) is 1.96. The van der Waals surface area contributed by atoms with E-state index in [0.29, 0.717) is 18.3 Å². The molecule has 2 amide bonds. The summed E-state index contributed by atoms with van der Waals surface area (Å²) in [5.74, 6) is 1.33. The van der Waals surface area contributed by atoms with Gasteiger partial charge >= 0.3 is 0 Å². The molecular formula is C13H18N2O2. The molecule has 17 heavy (non-hydrogen) atoms. The Morgan fingerprint density at radius 1 is 1.12 bits per heavy atom. The Hall–Kier alpha value is -1.16. The highest BCUT2D eigenvalue weighted by atomic mass is 16.2. The minimum Gasteiger partial charge on any atom is -0.291 e. The Morgan fingerprint density at radius 2 is 1.71 bits per heavy atom. The zero-order valence-electron chi connectivity index (χ0n) is 10.1. The number of likely N-dealkylation sites (tertiary alicyclic amines) is 2. The van der Waals surface area contributed by atoms with Gasteiger partial charge in [-0.25, -0.2) is 0 Å². The fourth-order valence-electron chi connectivity index (χ4n) is 3.33. The highest BCUT2D eigenvalue weighted by molar-refractivity contribution is 6.05. The second-order valence-electron chi connectivity index (χ2n) is 5.43. The van der Waals surface area contributed by atoms with Gasteiger partial charge in [-0.05, 0) is 24.7 Å². The van der Waals surface area contributed by atoms with Crippen LogP contribution in [0.25, 0.3) is 0 Å². The number of imide groups is 1. The molecule has 0 radical (unpaired) electrons. The van der Waals surface area contributed by atoms with Crippen LogP contribution >= 0.6 is 0 Å². The molecule has 0 aromatic rings. The Kier molecular flexibility index (Phi) is 2.54. The summed E-state index contributed by atoms with van der Waals surface area (Å²) >= 11 is 0. The Bertz CT molecular complexity index is 375. The first-order chi connectivity index (χ1) is 8.16. The molecule has 92 valence electrons. The van der Waals surface area contributed by atoms with Crippen LogP contribution in [-0.4, -0.2) is 47.8 Å². The molecule has 0 saturated carbocycles. The lowest BCUT2D eigenvalue weighted by molar-refractivity contribution is -0.137. The molecule has 4 nitrogen and oxygen atoms in total. The van der Waals surface area contributed by atoms with E-state index in [1.165, 1.54) is 4.90 Å². The average molecular weight is 234 g/mol. The van der Waals surface area contributed by atoms with Crippen molar-refractivity contribution in [2.45, 2.75) is 25.3 Å². The molecule has 2 saturated heterocycles. The van der Waals surface area contributed by atoms with Crippen LogP contribution < -0.4 is 0 Å². The standard InChI is InChI=1S/C13H18N2O2/c1-14-12(16)6-11(13(14)17)15-7-9-4-2-3-5-10(9)8-15/h2-3,9-11H,4-8H2,1H3/t9-,10+,11?. The second kappa shape index (κ2) is 3.95. The highest BCUT2D eigenvalue weighted by Crippen LogP contribution is 2.35. The second-order valence-corrected chi connectivity index (χ2v) is 5.43. The van der Waals surface area contributed by atoms with Crippen LogP contribution in [0.1, 0.15) is 19.3 Å². The van der Waals surface area contributed by atoms with Crippen molar-refractivity contribution in [3.8, 4) is 0 Å². The van der Waals surface area contributed by atoms with Gasteiger partial charge in [0, 0.05) is 20.1 Å². The first-order valence-corrected chi connectivity index (χ1v) is 6.36. The van der Waals surface area contributed by atoms with E-state index in [1.807, 2.05) is 0 Å². The van der Waals surface area contributed by atoms with Crippen molar-refractivity contribution in [1.29, 1.82) is 0 Å². The van der Waals surface area contributed by atoms with E-state index >= 15 is 0 Å². The zero-order valence-corrected chi connectivity index (χ0v) is 10.1. The predicted octanol–water partition coefficient (Wildman–Crippen LogP) is 0.642. The lowest BCUT2D eigenvalue weighted by Crippen LogP contribution is -2.39. The summed E-state index contributed by atoms with van der Waals surface area (Å²) < 4.78 is 0. The van der Waals surface area contributed by atoms with E-state index in [0.717, 1.165) is 25.9 Å². The van der Waals surface area contributed by atoms with E-state index in [1.54, 1.807) is 7.05 Å². The number of fused-ring (bicyclic) bond motifs is 1. The molecule has 3 aliphatic rings. The third kappa shape index (κ3) is 1.71. The molecule has 0 bridgehead atoms. The molecule has 3 rings (SSSR count). The molecule has 2 heterocycles. The first kappa shape index (κ1) is 11.0. The van der Waals surface area contributed by atoms with Gasteiger partial charge in [-0.2, -0.15) is 0 Å². The zero-order chi connectivity index (χ0) is 12.0. The molecule has 2 aliphatic heterocycles. The molecule has 0 N–H and O–H groups in total. The van der Waals surface area contributed by atoms with Crippen molar-refractivity contribution in [2.75, 3.05) is 20.1 Å². The van der Waals surface area contributed by atoms with E-state index in [4.69, 9.17) is 0 Å². The fraction of sp³-hybridized carbons (Fsp3) is 0.692. The number of hydrogen-bond acceptors (Lipinski definition) is 3. The Morgan fingerprint density at radius 3 is 2.18 bits per heavy atom. The van der Waals surface area contributed by atoms with Crippen molar-refractivity contribution in [1.82, 2.24) is 9.80 Å². The summed E-state index contributed by atoms with van der Waals surface area (Å²) in [5.41, 5.74) is 0. The van der Waals surface area contributed by atoms with Gasteiger partial charge in [0.2, 0.25) is 11.8 Å². The Balaban J connectivity index is 1.71. The summed E-state index contributed by atoms with van der Waals surface area (Å²) in [4.78, 5) is 27.0. The van der Waals surface area contributed by atoms with E-state index in [-0.39, 0.29) is 17.9 Å². The van der Waals surface area contributed by atoms with Crippen LogP contribution in [-0.2, 0) is 9.59 Å². The van der Waals surface area contributed by atoms with Gasteiger partial charge in [0.15, 0.2) is 0 Å². The van der Waals surface area contributed by atoms with Gasteiger partial charge in [-0.3, -0.25) is 19.4 Å². The summed E-state index contributed by atoms with van der Waals surface area (Å²) in [5, 5.41) is 0. The van der Waals surface area contributed by atoms with E-state index in [9.17, 15) is 9.59 Å². The average Bonchev–Trinajstić information content (AvgIpc) is 2.86. The number of hydrogen-bond donors (Lipinski definition) is 0. The van der Waals surface area contributed by atoms with Crippen LogP contribution in [0.15, 0.2) is 12.2 Å². The molecule has 1 aliphatic carbocycles. The number of carbonyl (C=O) groups is 2. The number of rotatable bonds is 1. The lowest BCUT2D eigenvalue weighted by atomic mass is 9.86. The maximum absolute atomic E-state index is 12.0. The van der Waals surface area contributed by atoms with Crippen LogP contribution in [0.4, 0.5) is 0 Å². The largest absolute Gasteiger partial charge is 0.291 e. The highest BCUT2D eigenvalue weighted by Gasteiger charge is 2.44. The smallest absolute Gasteiger partial charge is 0.246 e. The van der Waals surface area contributed by atoms with Crippen molar-refractivity contribution >= 4 is 11.8 Å². The minimum atomic E-state index is -0.182. The van der Waals surface area contributed by atoms with Gasteiger partial charge in [0.05, 0.1) is 12.5 Å². The third-order valence-electron chi connectivity index (χ3n) is 4.45. The normalized spacial score (nSPS) is 37.9. The van der Waals surface area contributed by atoms with Crippen LogP contribution in [0.3, 0.4) is 0 Å². The molecular weight excluding hydrogens is 216 g/mol. The van der Waals surface area contributed by atoms with Crippen LogP contribution in [0.2, 0.25) is 0 Å². The first-order valence-electron chi connectivity index (χ1n) is 6.36. The van der Waals surface area contributed by atoms with Crippen LogP contribution in [0.5, 0.6) is 0 Å². The van der Waals surface area contributed by atoms with Crippen molar-refractivity contribution in [2.24, 2.45) is 11.8 Å². The molecule has 0 aromatic heterocycles. The van der Waals surface area contributed by atoms with Gasteiger partial charge in [-0.15, -0.1) is 0 Å². The van der Waals surface area contributed by atoms with E-state index < -0.39 is 0 Å². The number of likely N-dealkylation sites (N-methyl/N-ethyl adjacent to an activating group) is 1. The quantitative estimate of drug-likeness (QED) is 0.494. The molecule has 0 aromatic carbocycles. The monoisotopic (exact) mass is 234 g/mol. The third-order valence-corrected chi connectivity index (χ3v) is 4.45. The summed E-state index contributed by atoms with van der Waals surface area (Å²) in [6.07, 6.45) is 7.14. The summed E-state index contributed by atoms with van der Waals surface area (Å²) in [7, 11) is 1.59. The molecule has 0 spiro atoms. The molecule has 2 fully saturated rings.